The second kappa shape index (κ2) is 12.6. The van der Waals surface area contributed by atoms with Crippen LogP contribution < -0.4 is 15.7 Å². The number of hydrogen-bond acceptors (Lipinski definition) is 6. The number of benzene rings is 2. The molecule has 3 aromatic rings. The topological polar surface area (TPSA) is 73.3 Å². The molecule has 0 saturated carbocycles. The van der Waals surface area contributed by atoms with Gasteiger partial charge in [0, 0.05) is 41.1 Å². The molecule has 0 aliphatic carbocycles. The van der Waals surface area contributed by atoms with Crippen molar-refractivity contribution in [2.75, 3.05) is 11.4 Å². The van der Waals surface area contributed by atoms with Crippen LogP contribution in [0.15, 0.2) is 85.3 Å². The van der Waals surface area contributed by atoms with Crippen molar-refractivity contribution in [3.63, 3.8) is 0 Å². The van der Waals surface area contributed by atoms with Crippen LogP contribution in [0.1, 0.15) is 50.6 Å². The van der Waals surface area contributed by atoms with Gasteiger partial charge < -0.3 is 5.32 Å². The molecule has 6 nitrogen and oxygen atoms in total. The highest BCUT2D eigenvalue weighted by Gasteiger charge is 2.15. The number of para-hydroxylation sites is 2. The fourth-order valence-electron chi connectivity index (χ4n) is 3.51. The van der Waals surface area contributed by atoms with Crippen LogP contribution in [-0.4, -0.2) is 21.7 Å². The normalized spacial score (nSPS) is 11.7. The van der Waals surface area contributed by atoms with Crippen LogP contribution in [0.5, 0.6) is 0 Å². The molecule has 1 atom stereocenters. The molecule has 0 spiro atoms. The number of aromatic nitrogens is 2. The summed E-state index contributed by atoms with van der Waals surface area (Å²) in [5.41, 5.74) is 5.90. The van der Waals surface area contributed by atoms with Gasteiger partial charge in [0.2, 0.25) is 5.95 Å². The van der Waals surface area contributed by atoms with Crippen LogP contribution in [0.2, 0.25) is 0 Å². The summed E-state index contributed by atoms with van der Waals surface area (Å²) in [7, 11) is 0. The molecule has 6 heteroatoms. The maximum absolute atomic E-state index is 8.74. The number of rotatable bonds is 13. The van der Waals surface area contributed by atoms with Crippen molar-refractivity contribution >= 4 is 17.3 Å². The number of nitrogens with one attached hydrogen (secondary N) is 2. The quantitative estimate of drug-likeness (QED) is 0.226. The molecule has 0 amide bonds. The summed E-state index contributed by atoms with van der Waals surface area (Å²) in [5, 5.41) is 12.3. The Labute approximate surface area is 191 Å². The first-order chi connectivity index (χ1) is 15.7. The minimum Gasteiger partial charge on any atom is -0.310 e. The molecule has 1 heterocycles. The van der Waals surface area contributed by atoms with Crippen molar-refractivity contribution in [3.8, 4) is 0 Å². The first kappa shape index (κ1) is 23.4. The molecule has 0 radical (unpaired) electrons. The van der Waals surface area contributed by atoms with Gasteiger partial charge in [-0.25, -0.2) is 9.97 Å². The van der Waals surface area contributed by atoms with E-state index in [1.165, 1.54) is 0 Å². The van der Waals surface area contributed by atoms with E-state index in [4.69, 9.17) is 5.21 Å². The lowest BCUT2D eigenvalue weighted by Gasteiger charge is -2.23. The minimum absolute atomic E-state index is 0.185. The predicted octanol–water partition coefficient (Wildman–Crippen LogP) is 6.04. The zero-order chi connectivity index (χ0) is 22.6. The van der Waals surface area contributed by atoms with Crippen molar-refractivity contribution in [1.82, 2.24) is 20.8 Å². The van der Waals surface area contributed by atoms with Crippen LogP contribution in [0.25, 0.3) is 0 Å². The maximum atomic E-state index is 8.74. The van der Waals surface area contributed by atoms with Gasteiger partial charge in [-0.15, -0.1) is 0 Å². The van der Waals surface area contributed by atoms with Gasteiger partial charge in [-0.1, -0.05) is 55.8 Å². The van der Waals surface area contributed by atoms with E-state index in [0.29, 0.717) is 11.6 Å². The first-order valence-corrected chi connectivity index (χ1v) is 11.2. The number of allylic oxidation sites excluding steroid dienone is 1. The highest BCUT2D eigenvalue weighted by molar-refractivity contribution is 5.72. The van der Waals surface area contributed by atoms with Crippen LogP contribution >= 0.6 is 0 Å². The summed E-state index contributed by atoms with van der Waals surface area (Å²) >= 11 is 0. The summed E-state index contributed by atoms with van der Waals surface area (Å²) in [4.78, 5) is 11.4. The molecule has 1 aromatic heterocycles. The highest BCUT2D eigenvalue weighted by Crippen LogP contribution is 2.31. The fourth-order valence-corrected chi connectivity index (χ4v) is 3.51. The van der Waals surface area contributed by atoms with Gasteiger partial charge in [-0.05, 0) is 57.0 Å². The lowest BCUT2D eigenvalue weighted by Crippen LogP contribution is -2.21. The number of nitrogens with zero attached hydrogens (tertiary/aromatic N) is 3. The lowest BCUT2D eigenvalue weighted by molar-refractivity contribution is 0.196. The Kier molecular flexibility index (Phi) is 9.22. The van der Waals surface area contributed by atoms with Gasteiger partial charge in [-0.2, -0.15) is 0 Å². The van der Waals surface area contributed by atoms with Crippen LogP contribution in [0.4, 0.5) is 17.3 Å². The number of hydrogen-bond donors (Lipinski definition) is 3. The Bertz CT molecular complexity index is 892. The summed E-state index contributed by atoms with van der Waals surface area (Å²) < 4.78 is 0. The average Bonchev–Trinajstić information content (AvgIpc) is 2.85. The van der Waals surface area contributed by atoms with E-state index >= 15 is 0 Å². The van der Waals surface area contributed by atoms with E-state index < -0.39 is 0 Å². The molecule has 0 bridgehead atoms. The van der Waals surface area contributed by atoms with Crippen molar-refractivity contribution in [1.29, 1.82) is 0 Å². The smallest absolute Gasteiger partial charge is 0.234 e. The molecule has 32 heavy (non-hydrogen) atoms. The molecule has 2 aromatic carbocycles. The molecule has 3 rings (SSSR count). The SMILES string of the molecule is C=C(CCCCCCNC(C)c1cnc(N(c2ccccc2)c2ccccc2)nc1)NO. The maximum Gasteiger partial charge on any atom is 0.234 e. The molecule has 0 saturated heterocycles. The minimum atomic E-state index is 0.185. The molecule has 168 valence electrons. The molecule has 0 aliphatic rings. The summed E-state index contributed by atoms with van der Waals surface area (Å²) in [5.74, 6) is 0.650. The molecule has 0 fully saturated rings. The van der Waals surface area contributed by atoms with E-state index in [0.717, 1.165) is 55.6 Å². The Morgan fingerprint density at radius 1 is 0.906 bits per heavy atom. The van der Waals surface area contributed by atoms with Crippen molar-refractivity contribution in [2.45, 2.75) is 45.1 Å². The Morgan fingerprint density at radius 2 is 1.47 bits per heavy atom. The third-order valence-corrected chi connectivity index (χ3v) is 5.40. The molecular weight excluding hydrogens is 398 g/mol. The second-order valence-electron chi connectivity index (χ2n) is 7.88. The second-order valence-corrected chi connectivity index (χ2v) is 7.88. The summed E-state index contributed by atoms with van der Waals surface area (Å²) in [6, 6.07) is 20.5. The Balaban J connectivity index is 1.55. The zero-order valence-corrected chi connectivity index (χ0v) is 18.7. The van der Waals surface area contributed by atoms with Gasteiger partial charge in [0.15, 0.2) is 0 Å². The van der Waals surface area contributed by atoms with Crippen LogP contribution in [0, 0.1) is 0 Å². The zero-order valence-electron chi connectivity index (χ0n) is 18.7. The third-order valence-electron chi connectivity index (χ3n) is 5.40. The van der Waals surface area contributed by atoms with Gasteiger partial charge >= 0.3 is 0 Å². The molecule has 0 aliphatic heterocycles. The van der Waals surface area contributed by atoms with Gasteiger partial charge in [0.25, 0.3) is 0 Å². The highest BCUT2D eigenvalue weighted by atomic mass is 16.5. The van der Waals surface area contributed by atoms with Crippen molar-refractivity contribution in [2.24, 2.45) is 0 Å². The summed E-state index contributed by atoms with van der Waals surface area (Å²) in [6.45, 7) is 6.81. The van der Waals surface area contributed by atoms with E-state index in [2.05, 4.69) is 63.4 Å². The first-order valence-electron chi connectivity index (χ1n) is 11.2. The van der Waals surface area contributed by atoms with Crippen LogP contribution in [-0.2, 0) is 0 Å². The largest absolute Gasteiger partial charge is 0.310 e. The lowest BCUT2D eigenvalue weighted by atomic mass is 10.1. The molecule has 3 N–H and O–H groups in total. The van der Waals surface area contributed by atoms with E-state index in [1.54, 1.807) is 0 Å². The Morgan fingerprint density at radius 3 is 2.03 bits per heavy atom. The number of hydroxylamine groups is 1. The van der Waals surface area contributed by atoms with E-state index in [1.807, 2.05) is 48.8 Å². The van der Waals surface area contributed by atoms with Gasteiger partial charge in [0.1, 0.15) is 0 Å². The number of unbranched alkanes of at least 4 members (excludes halogenated alkanes) is 3. The molecular formula is C26H33N5O. The summed E-state index contributed by atoms with van der Waals surface area (Å²) in [6.07, 6.45) is 9.06. The third kappa shape index (κ3) is 6.90. The van der Waals surface area contributed by atoms with E-state index in [9.17, 15) is 0 Å². The molecule has 1 unspecified atom stereocenters. The fraction of sp³-hybridized carbons (Fsp3) is 0.308. The average molecular weight is 432 g/mol. The number of anilines is 3. The standard InChI is InChI=1S/C26H33N5O/c1-21(30-32)13-7-3-4-12-18-27-22(2)23-19-28-26(29-20-23)31(24-14-8-5-9-15-24)25-16-10-6-11-17-25/h5-6,8-11,14-17,19-20,22,27,30,32H,1,3-4,7,12-13,18H2,2H3. The monoisotopic (exact) mass is 431 g/mol. The van der Waals surface area contributed by atoms with Gasteiger partial charge in [-0.3, -0.25) is 15.6 Å². The van der Waals surface area contributed by atoms with Crippen LogP contribution in [0.3, 0.4) is 0 Å². The van der Waals surface area contributed by atoms with Crippen molar-refractivity contribution in [3.05, 3.63) is 90.9 Å². The Hall–Kier alpha value is -3.22. The van der Waals surface area contributed by atoms with E-state index in [-0.39, 0.29) is 6.04 Å². The van der Waals surface area contributed by atoms with Gasteiger partial charge in [0.05, 0.1) is 0 Å². The van der Waals surface area contributed by atoms with Crippen molar-refractivity contribution < 1.29 is 5.21 Å². The predicted molar refractivity (Wildman–Crippen MR) is 130 cm³/mol.